The van der Waals surface area contributed by atoms with Crippen LogP contribution in [0.1, 0.15) is 33.1 Å². The van der Waals surface area contributed by atoms with Crippen LogP contribution < -0.4 is 5.32 Å². The first-order chi connectivity index (χ1) is 6.66. The van der Waals surface area contributed by atoms with Gasteiger partial charge in [0.15, 0.2) is 0 Å². The van der Waals surface area contributed by atoms with Gasteiger partial charge in [0.1, 0.15) is 5.72 Å². The van der Waals surface area contributed by atoms with Gasteiger partial charge in [-0.3, -0.25) is 5.32 Å². The Morgan fingerprint density at radius 1 is 1.36 bits per heavy atom. The Kier molecular flexibility index (Phi) is 3.10. The van der Waals surface area contributed by atoms with Crippen LogP contribution in [0.4, 0.5) is 0 Å². The summed E-state index contributed by atoms with van der Waals surface area (Å²) in [6, 6.07) is 0.525. The Morgan fingerprint density at radius 3 is 2.79 bits per heavy atom. The van der Waals surface area contributed by atoms with Gasteiger partial charge < -0.3 is 9.47 Å². The van der Waals surface area contributed by atoms with E-state index in [4.69, 9.17) is 9.47 Å². The summed E-state index contributed by atoms with van der Waals surface area (Å²) in [6.45, 7) is 6.92. The molecule has 82 valence electrons. The highest BCUT2D eigenvalue weighted by Crippen LogP contribution is 2.23. The number of ether oxygens (including phenoxy) is 2. The second-order valence-corrected chi connectivity index (χ2v) is 4.98. The van der Waals surface area contributed by atoms with Crippen LogP contribution in [0.25, 0.3) is 0 Å². The first-order valence-electron chi connectivity index (χ1n) is 5.65. The van der Waals surface area contributed by atoms with Crippen LogP contribution in [0.5, 0.6) is 0 Å². The summed E-state index contributed by atoms with van der Waals surface area (Å²) in [6.07, 6.45) is 3.74. The van der Waals surface area contributed by atoms with Gasteiger partial charge in [0, 0.05) is 19.3 Å². The lowest BCUT2D eigenvalue weighted by molar-refractivity contribution is 0.0227. The molecule has 0 radical (unpaired) electrons. The molecule has 3 heteroatoms. The van der Waals surface area contributed by atoms with Crippen molar-refractivity contribution in [1.82, 2.24) is 5.32 Å². The average molecular weight is 199 g/mol. The van der Waals surface area contributed by atoms with E-state index >= 15 is 0 Å². The van der Waals surface area contributed by atoms with Crippen molar-refractivity contribution >= 4 is 0 Å². The van der Waals surface area contributed by atoms with E-state index in [1.165, 1.54) is 19.3 Å². The largest absolute Gasteiger partial charge is 0.381 e. The molecule has 3 nitrogen and oxygen atoms in total. The third-order valence-electron chi connectivity index (χ3n) is 3.07. The van der Waals surface area contributed by atoms with Gasteiger partial charge in [0.25, 0.3) is 0 Å². The van der Waals surface area contributed by atoms with E-state index in [2.05, 4.69) is 19.2 Å². The molecule has 1 N–H and O–H groups in total. The van der Waals surface area contributed by atoms with Crippen molar-refractivity contribution in [3.05, 3.63) is 0 Å². The molecule has 0 spiro atoms. The minimum absolute atomic E-state index is 0.125. The SMILES string of the molecule is CC1(C)NC(CC2CCCOC2)CO1. The lowest BCUT2D eigenvalue weighted by atomic mass is 9.95. The van der Waals surface area contributed by atoms with Crippen LogP contribution in [-0.4, -0.2) is 31.6 Å². The van der Waals surface area contributed by atoms with Gasteiger partial charge >= 0.3 is 0 Å². The van der Waals surface area contributed by atoms with Crippen molar-refractivity contribution in [3.8, 4) is 0 Å². The predicted molar refractivity (Wildman–Crippen MR) is 55.1 cm³/mol. The van der Waals surface area contributed by atoms with Crippen LogP contribution in [-0.2, 0) is 9.47 Å². The van der Waals surface area contributed by atoms with Crippen LogP contribution in [0, 0.1) is 5.92 Å². The van der Waals surface area contributed by atoms with Crippen molar-refractivity contribution < 1.29 is 9.47 Å². The first kappa shape index (κ1) is 10.4. The number of hydrogen-bond acceptors (Lipinski definition) is 3. The summed E-state index contributed by atoms with van der Waals surface area (Å²) in [5.74, 6) is 0.735. The number of hydrogen-bond donors (Lipinski definition) is 1. The highest BCUT2D eigenvalue weighted by molar-refractivity contribution is 4.84. The summed E-state index contributed by atoms with van der Waals surface area (Å²) in [7, 11) is 0. The fourth-order valence-corrected chi connectivity index (χ4v) is 2.41. The summed E-state index contributed by atoms with van der Waals surface area (Å²) >= 11 is 0. The van der Waals surface area contributed by atoms with Gasteiger partial charge in [-0.25, -0.2) is 0 Å². The average Bonchev–Trinajstić information content (AvgIpc) is 2.47. The molecule has 2 aliphatic rings. The second kappa shape index (κ2) is 4.17. The molecule has 2 aliphatic heterocycles. The molecule has 0 saturated carbocycles. The number of nitrogens with one attached hydrogen (secondary N) is 1. The molecule has 0 aromatic heterocycles. The third-order valence-corrected chi connectivity index (χ3v) is 3.07. The van der Waals surface area contributed by atoms with Crippen molar-refractivity contribution in [2.75, 3.05) is 19.8 Å². The summed E-state index contributed by atoms with van der Waals surface area (Å²) in [5, 5.41) is 3.50. The number of rotatable bonds is 2. The zero-order valence-corrected chi connectivity index (χ0v) is 9.21. The maximum absolute atomic E-state index is 5.64. The molecular weight excluding hydrogens is 178 g/mol. The monoisotopic (exact) mass is 199 g/mol. The van der Waals surface area contributed by atoms with Gasteiger partial charge in [-0.05, 0) is 39.0 Å². The van der Waals surface area contributed by atoms with Gasteiger partial charge in [-0.1, -0.05) is 0 Å². The lowest BCUT2D eigenvalue weighted by Crippen LogP contribution is -2.39. The Morgan fingerprint density at radius 2 is 2.21 bits per heavy atom. The van der Waals surface area contributed by atoms with Crippen LogP contribution in [0.3, 0.4) is 0 Å². The standard InChI is InChI=1S/C11H21NO2/c1-11(2)12-10(8-14-11)6-9-4-3-5-13-7-9/h9-10,12H,3-8H2,1-2H3. The van der Waals surface area contributed by atoms with Gasteiger partial charge in [-0.15, -0.1) is 0 Å². The van der Waals surface area contributed by atoms with Crippen molar-refractivity contribution in [3.63, 3.8) is 0 Å². The van der Waals surface area contributed by atoms with Gasteiger partial charge in [0.05, 0.1) is 6.61 Å². The Labute approximate surface area is 86.2 Å². The minimum atomic E-state index is -0.125. The normalized spacial score (nSPS) is 37.3. The molecule has 0 aliphatic carbocycles. The molecule has 2 atom stereocenters. The summed E-state index contributed by atoms with van der Waals surface area (Å²) < 4.78 is 11.1. The van der Waals surface area contributed by atoms with E-state index in [9.17, 15) is 0 Å². The van der Waals surface area contributed by atoms with Crippen molar-refractivity contribution in [1.29, 1.82) is 0 Å². The van der Waals surface area contributed by atoms with Crippen LogP contribution in [0.15, 0.2) is 0 Å². The second-order valence-electron chi connectivity index (χ2n) is 4.98. The molecule has 0 bridgehead atoms. The predicted octanol–water partition coefficient (Wildman–Crippen LogP) is 1.53. The highest BCUT2D eigenvalue weighted by atomic mass is 16.5. The van der Waals surface area contributed by atoms with E-state index in [1.807, 2.05) is 0 Å². The van der Waals surface area contributed by atoms with Crippen LogP contribution >= 0.6 is 0 Å². The summed E-state index contributed by atoms with van der Waals surface area (Å²) in [4.78, 5) is 0. The Hall–Kier alpha value is -0.120. The molecule has 14 heavy (non-hydrogen) atoms. The minimum Gasteiger partial charge on any atom is -0.381 e. The lowest BCUT2D eigenvalue weighted by Gasteiger charge is -2.25. The van der Waals surface area contributed by atoms with Crippen molar-refractivity contribution in [2.24, 2.45) is 5.92 Å². The molecule has 0 amide bonds. The van der Waals surface area contributed by atoms with Crippen molar-refractivity contribution in [2.45, 2.75) is 44.9 Å². The van der Waals surface area contributed by atoms with Crippen LogP contribution in [0.2, 0.25) is 0 Å². The van der Waals surface area contributed by atoms with E-state index in [-0.39, 0.29) is 5.72 Å². The maximum atomic E-state index is 5.64. The highest BCUT2D eigenvalue weighted by Gasteiger charge is 2.32. The quantitative estimate of drug-likeness (QED) is 0.731. The molecule has 0 aromatic rings. The molecular formula is C11H21NO2. The first-order valence-corrected chi connectivity index (χ1v) is 5.65. The maximum Gasteiger partial charge on any atom is 0.113 e. The molecule has 2 heterocycles. The van der Waals surface area contributed by atoms with E-state index in [1.54, 1.807) is 0 Å². The molecule has 2 rings (SSSR count). The zero-order valence-electron chi connectivity index (χ0n) is 9.21. The molecule has 2 unspecified atom stereocenters. The van der Waals surface area contributed by atoms with E-state index in [0.717, 1.165) is 25.7 Å². The smallest absolute Gasteiger partial charge is 0.113 e. The fourth-order valence-electron chi connectivity index (χ4n) is 2.41. The molecule has 2 fully saturated rings. The summed E-state index contributed by atoms with van der Waals surface area (Å²) in [5.41, 5.74) is -0.125. The Balaban J connectivity index is 1.75. The third kappa shape index (κ3) is 2.69. The van der Waals surface area contributed by atoms with E-state index in [0.29, 0.717) is 6.04 Å². The molecule has 0 aromatic carbocycles. The Bertz CT molecular complexity index is 188. The van der Waals surface area contributed by atoms with E-state index < -0.39 is 0 Å². The zero-order chi connectivity index (χ0) is 10.0. The van der Waals surface area contributed by atoms with Gasteiger partial charge in [0.2, 0.25) is 0 Å². The topological polar surface area (TPSA) is 30.5 Å². The van der Waals surface area contributed by atoms with Gasteiger partial charge in [-0.2, -0.15) is 0 Å². The molecule has 2 saturated heterocycles. The fraction of sp³-hybridized carbons (Fsp3) is 1.00.